The summed E-state index contributed by atoms with van der Waals surface area (Å²) >= 11 is 0. The second-order valence-corrected chi connectivity index (χ2v) is 4.09. The summed E-state index contributed by atoms with van der Waals surface area (Å²) in [7, 11) is 0. The van der Waals surface area contributed by atoms with Gasteiger partial charge in [0.15, 0.2) is 0 Å². The van der Waals surface area contributed by atoms with E-state index in [0.717, 1.165) is 5.69 Å². The molecule has 0 aliphatic rings. The molecule has 1 heterocycles. The molecule has 1 aromatic heterocycles. The van der Waals surface area contributed by atoms with Crippen LogP contribution in [0, 0.1) is 22.7 Å². The fourth-order valence-electron chi connectivity index (χ4n) is 1.72. The van der Waals surface area contributed by atoms with Gasteiger partial charge in [-0.25, -0.2) is 4.98 Å². The molecule has 0 atom stereocenters. The van der Waals surface area contributed by atoms with E-state index in [4.69, 9.17) is 10.5 Å². The van der Waals surface area contributed by atoms with Gasteiger partial charge in [0.25, 0.3) is 5.91 Å². The van der Waals surface area contributed by atoms with E-state index in [1.807, 2.05) is 26.0 Å². The number of aromatic nitrogens is 1. The molecule has 0 fully saturated rings. The summed E-state index contributed by atoms with van der Waals surface area (Å²) in [5.74, 6) is 0.299. The van der Waals surface area contributed by atoms with Crippen LogP contribution >= 0.6 is 0 Å². The van der Waals surface area contributed by atoms with Crippen LogP contribution in [0.1, 0.15) is 29.9 Å². The summed E-state index contributed by atoms with van der Waals surface area (Å²) in [5, 5.41) is 20.5. The Morgan fingerprint density at radius 2 is 1.95 bits per heavy atom. The van der Waals surface area contributed by atoms with Gasteiger partial charge in [-0.05, 0) is 25.5 Å². The molecule has 1 aromatic rings. The molecule has 104 valence electrons. The molecule has 0 aliphatic heterocycles. The molecule has 0 aromatic carbocycles. The number of hydrogen-bond donors (Lipinski definition) is 1. The van der Waals surface area contributed by atoms with Crippen molar-refractivity contribution >= 4 is 11.7 Å². The second kappa shape index (κ2) is 7.75. The summed E-state index contributed by atoms with van der Waals surface area (Å²) in [6.07, 6.45) is 0.704. The molecule has 0 unspecified atom stereocenters. The van der Waals surface area contributed by atoms with Crippen molar-refractivity contribution < 1.29 is 4.79 Å². The highest BCUT2D eigenvalue weighted by atomic mass is 16.2. The lowest BCUT2D eigenvalue weighted by atomic mass is 10.1. The Labute approximate surface area is 118 Å². The number of nitrogens with zero attached hydrogens (tertiary/aromatic N) is 4. The SMILES string of the molecule is CCNc1cc(C(=O)N(CC#N)CC#N)cc(CC)n1. The minimum atomic E-state index is -0.329. The molecule has 0 saturated carbocycles. The molecule has 0 saturated heterocycles. The number of pyridine rings is 1. The van der Waals surface area contributed by atoms with Crippen molar-refractivity contribution in [3.05, 3.63) is 23.4 Å². The molecule has 1 N–H and O–H groups in total. The number of carbonyl (C=O) groups excluding carboxylic acids is 1. The average Bonchev–Trinajstić information content (AvgIpc) is 2.46. The van der Waals surface area contributed by atoms with E-state index in [1.54, 1.807) is 12.1 Å². The van der Waals surface area contributed by atoms with E-state index in [2.05, 4.69) is 10.3 Å². The first-order chi connectivity index (χ1) is 9.65. The average molecular weight is 271 g/mol. The van der Waals surface area contributed by atoms with E-state index < -0.39 is 0 Å². The zero-order valence-corrected chi connectivity index (χ0v) is 11.7. The Bertz CT molecular complexity index is 540. The number of anilines is 1. The van der Waals surface area contributed by atoms with Gasteiger partial charge in [-0.2, -0.15) is 10.5 Å². The van der Waals surface area contributed by atoms with E-state index in [1.165, 1.54) is 4.90 Å². The van der Waals surface area contributed by atoms with Crippen molar-refractivity contribution in [3.8, 4) is 12.1 Å². The van der Waals surface area contributed by atoms with Crippen LogP contribution in [-0.2, 0) is 6.42 Å². The summed E-state index contributed by atoms with van der Waals surface area (Å²) in [5.41, 5.74) is 1.24. The lowest BCUT2D eigenvalue weighted by Crippen LogP contribution is -2.32. The Hall–Kier alpha value is -2.60. The fourth-order valence-corrected chi connectivity index (χ4v) is 1.72. The maximum atomic E-state index is 12.3. The predicted molar refractivity (Wildman–Crippen MR) is 74.9 cm³/mol. The number of nitrogens with one attached hydrogen (secondary N) is 1. The van der Waals surface area contributed by atoms with Crippen LogP contribution in [0.5, 0.6) is 0 Å². The van der Waals surface area contributed by atoms with Gasteiger partial charge in [-0.3, -0.25) is 4.79 Å². The van der Waals surface area contributed by atoms with E-state index in [0.29, 0.717) is 24.3 Å². The molecular weight excluding hydrogens is 254 g/mol. The third-order valence-corrected chi connectivity index (χ3v) is 2.66. The Morgan fingerprint density at radius 1 is 1.30 bits per heavy atom. The first-order valence-electron chi connectivity index (χ1n) is 6.44. The topological polar surface area (TPSA) is 92.8 Å². The highest BCUT2D eigenvalue weighted by Crippen LogP contribution is 2.13. The lowest BCUT2D eigenvalue weighted by Gasteiger charge is -2.17. The van der Waals surface area contributed by atoms with E-state index >= 15 is 0 Å². The number of amides is 1. The molecule has 6 nitrogen and oxygen atoms in total. The summed E-state index contributed by atoms with van der Waals surface area (Å²) < 4.78 is 0. The van der Waals surface area contributed by atoms with Gasteiger partial charge in [0, 0.05) is 17.8 Å². The van der Waals surface area contributed by atoms with E-state index in [-0.39, 0.29) is 19.0 Å². The lowest BCUT2D eigenvalue weighted by molar-refractivity contribution is 0.0794. The number of hydrogen-bond acceptors (Lipinski definition) is 5. The molecular formula is C14H17N5O. The van der Waals surface area contributed by atoms with Crippen LogP contribution in [0.3, 0.4) is 0 Å². The Balaban J connectivity index is 3.10. The van der Waals surface area contributed by atoms with Crippen molar-refractivity contribution in [1.29, 1.82) is 10.5 Å². The molecule has 0 radical (unpaired) electrons. The number of nitriles is 2. The summed E-state index contributed by atoms with van der Waals surface area (Å²) in [4.78, 5) is 17.9. The van der Waals surface area contributed by atoms with Gasteiger partial charge < -0.3 is 10.2 Å². The molecule has 1 rings (SSSR count). The fraction of sp³-hybridized carbons (Fsp3) is 0.429. The highest BCUT2D eigenvalue weighted by molar-refractivity contribution is 5.95. The van der Waals surface area contributed by atoms with Gasteiger partial charge in [0.1, 0.15) is 18.9 Å². The molecule has 20 heavy (non-hydrogen) atoms. The third-order valence-electron chi connectivity index (χ3n) is 2.66. The van der Waals surface area contributed by atoms with Crippen molar-refractivity contribution in [3.63, 3.8) is 0 Å². The molecule has 0 aliphatic carbocycles. The summed E-state index contributed by atoms with van der Waals surface area (Å²) in [6.45, 7) is 4.39. The standard InChI is InChI=1S/C14H17N5O/c1-3-12-9-11(10-13(18-12)17-4-2)14(20)19(7-5-15)8-6-16/h9-10H,3-4,7-8H2,1-2H3,(H,17,18). The first kappa shape index (κ1) is 15.5. The van der Waals surface area contributed by atoms with Crippen LogP contribution in [0.15, 0.2) is 12.1 Å². The van der Waals surface area contributed by atoms with Gasteiger partial charge in [0.05, 0.1) is 12.1 Å². The Kier molecular flexibility index (Phi) is 5.99. The van der Waals surface area contributed by atoms with Gasteiger partial charge in [-0.15, -0.1) is 0 Å². The van der Waals surface area contributed by atoms with Crippen molar-refractivity contribution in [1.82, 2.24) is 9.88 Å². The quantitative estimate of drug-likeness (QED) is 0.793. The van der Waals surface area contributed by atoms with Crippen LogP contribution in [0.25, 0.3) is 0 Å². The second-order valence-electron chi connectivity index (χ2n) is 4.09. The molecule has 0 spiro atoms. The molecule has 1 amide bonds. The van der Waals surface area contributed by atoms with Crippen molar-refractivity contribution in [2.45, 2.75) is 20.3 Å². The normalized spacial score (nSPS) is 9.40. The van der Waals surface area contributed by atoms with Gasteiger partial charge in [-0.1, -0.05) is 6.92 Å². The molecule has 6 heteroatoms. The van der Waals surface area contributed by atoms with Gasteiger partial charge in [0.2, 0.25) is 0 Å². The maximum Gasteiger partial charge on any atom is 0.255 e. The highest BCUT2D eigenvalue weighted by Gasteiger charge is 2.16. The van der Waals surface area contributed by atoms with Crippen LogP contribution < -0.4 is 5.32 Å². The minimum Gasteiger partial charge on any atom is -0.370 e. The smallest absolute Gasteiger partial charge is 0.255 e. The van der Waals surface area contributed by atoms with Crippen LogP contribution in [0.4, 0.5) is 5.82 Å². The number of rotatable bonds is 6. The van der Waals surface area contributed by atoms with Crippen molar-refractivity contribution in [2.75, 3.05) is 25.0 Å². The maximum absolute atomic E-state index is 12.3. The van der Waals surface area contributed by atoms with Gasteiger partial charge >= 0.3 is 0 Å². The zero-order valence-electron chi connectivity index (χ0n) is 11.7. The zero-order chi connectivity index (χ0) is 15.0. The van der Waals surface area contributed by atoms with Crippen LogP contribution in [-0.4, -0.2) is 35.4 Å². The number of carbonyl (C=O) groups is 1. The first-order valence-corrected chi connectivity index (χ1v) is 6.44. The summed E-state index contributed by atoms with van der Waals surface area (Å²) in [6, 6.07) is 7.13. The predicted octanol–water partition coefficient (Wildman–Crippen LogP) is 1.57. The van der Waals surface area contributed by atoms with Crippen LogP contribution in [0.2, 0.25) is 0 Å². The largest absolute Gasteiger partial charge is 0.370 e. The Morgan fingerprint density at radius 3 is 2.45 bits per heavy atom. The third kappa shape index (κ3) is 3.96. The number of aryl methyl sites for hydroxylation is 1. The monoisotopic (exact) mass is 271 g/mol. The molecule has 0 bridgehead atoms. The van der Waals surface area contributed by atoms with E-state index in [9.17, 15) is 4.79 Å². The minimum absolute atomic E-state index is 0.104. The van der Waals surface area contributed by atoms with Crippen molar-refractivity contribution in [2.24, 2.45) is 0 Å².